The Morgan fingerprint density at radius 3 is 1.09 bits per heavy atom. The minimum Gasteiger partial charge on any atom is 0 e. The Morgan fingerprint density at radius 1 is 0.727 bits per heavy atom. The average Bonchev–Trinajstić information content (AvgIpc) is 1.59. The molecule has 0 unspecified atom stereocenters. The SMILES string of the molecule is O=c1[nH]c(=O)[nH]c(=O)[nH]1.[CaH2].[Zn]. The van der Waals surface area contributed by atoms with Crippen LogP contribution in [0.2, 0.25) is 0 Å². The molecule has 8 heteroatoms. The fourth-order valence-corrected chi connectivity index (χ4v) is 0.403. The Bertz CT molecular complexity index is 286. The molecule has 11 heavy (non-hydrogen) atoms. The standard InChI is InChI=1S/C3H3N3O3.Ca.Zn.2H/c7-1-4-2(8)6-3(9)5-1;;;;/h(H3,4,5,6,7,8,9);;;;. The van der Waals surface area contributed by atoms with Gasteiger partial charge in [-0.15, -0.1) is 0 Å². The van der Waals surface area contributed by atoms with Gasteiger partial charge < -0.3 is 0 Å². The minimum atomic E-state index is -0.802. The number of hydrogen-bond acceptors (Lipinski definition) is 3. The first-order chi connectivity index (χ1) is 4.18. The third-order valence-corrected chi connectivity index (χ3v) is 0.681. The monoisotopic (exact) mass is 235 g/mol. The molecule has 0 fully saturated rings. The van der Waals surface area contributed by atoms with Crippen molar-refractivity contribution in [2.45, 2.75) is 0 Å². The maximum absolute atomic E-state index is 10.2. The van der Waals surface area contributed by atoms with Gasteiger partial charge in [0.15, 0.2) is 0 Å². The molecule has 0 radical (unpaired) electrons. The van der Waals surface area contributed by atoms with E-state index >= 15 is 0 Å². The van der Waals surface area contributed by atoms with E-state index in [1.807, 2.05) is 0 Å². The summed E-state index contributed by atoms with van der Waals surface area (Å²) in [7, 11) is 0. The second-order valence-electron chi connectivity index (χ2n) is 1.36. The maximum Gasteiger partial charge on any atom is 0 e. The molecular weight excluding hydrogens is 232 g/mol. The molecule has 54 valence electrons. The van der Waals surface area contributed by atoms with Gasteiger partial charge in [-0.1, -0.05) is 0 Å². The topological polar surface area (TPSA) is 98.6 Å². The Hall–Kier alpha value is 0.293. The zero-order valence-corrected chi connectivity index (χ0v) is 7.90. The van der Waals surface area contributed by atoms with Gasteiger partial charge in [-0.05, 0) is 0 Å². The molecule has 0 aromatic carbocycles. The van der Waals surface area contributed by atoms with Gasteiger partial charge in [0.05, 0.1) is 0 Å². The molecule has 1 aromatic rings. The summed E-state index contributed by atoms with van der Waals surface area (Å²) in [6.45, 7) is 0. The summed E-state index contributed by atoms with van der Waals surface area (Å²) in [5, 5.41) is 0. The van der Waals surface area contributed by atoms with Gasteiger partial charge >= 0.3 is 54.8 Å². The van der Waals surface area contributed by atoms with Crippen LogP contribution < -0.4 is 17.1 Å². The third kappa shape index (κ3) is 4.68. The molecular formula is C3H5CaN3O3Zn. The first-order valence-electron chi connectivity index (χ1n) is 2.11. The van der Waals surface area contributed by atoms with Gasteiger partial charge in [-0.3, -0.25) is 15.0 Å². The molecule has 0 amide bonds. The van der Waals surface area contributed by atoms with Gasteiger partial charge in [0.2, 0.25) is 0 Å². The predicted molar refractivity (Wildman–Crippen MR) is 36.8 cm³/mol. The van der Waals surface area contributed by atoms with Crippen molar-refractivity contribution in [3.8, 4) is 0 Å². The summed E-state index contributed by atoms with van der Waals surface area (Å²) in [6, 6.07) is 0. The van der Waals surface area contributed by atoms with E-state index in [1.165, 1.54) is 0 Å². The van der Waals surface area contributed by atoms with Crippen LogP contribution in [-0.4, -0.2) is 52.7 Å². The molecule has 0 saturated carbocycles. The molecule has 0 aliphatic carbocycles. The van der Waals surface area contributed by atoms with Gasteiger partial charge in [0.1, 0.15) is 0 Å². The molecule has 3 N–H and O–H groups in total. The Balaban J connectivity index is 0. The van der Waals surface area contributed by atoms with E-state index in [1.54, 1.807) is 15.0 Å². The van der Waals surface area contributed by atoms with Crippen molar-refractivity contribution >= 4 is 37.7 Å². The third-order valence-electron chi connectivity index (χ3n) is 0.681. The molecule has 6 nitrogen and oxygen atoms in total. The van der Waals surface area contributed by atoms with E-state index in [9.17, 15) is 14.4 Å². The van der Waals surface area contributed by atoms with Gasteiger partial charge in [-0.25, -0.2) is 14.4 Å². The molecule has 1 aromatic heterocycles. The van der Waals surface area contributed by atoms with E-state index < -0.39 is 17.1 Å². The smallest absolute Gasteiger partial charge is 0 e. The molecule has 0 bridgehead atoms. The zero-order valence-electron chi connectivity index (χ0n) is 4.93. The summed E-state index contributed by atoms with van der Waals surface area (Å²) in [6.07, 6.45) is 0. The van der Waals surface area contributed by atoms with Crippen LogP contribution in [0.15, 0.2) is 14.4 Å². The number of H-pyrrole nitrogens is 3. The molecule has 0 saturated heterocycles. The average molecular weight is 237 g/mol. The summed E-state index contributed by atoms with van der Waals surface area (Å²) in [5.41, 5.74) is -2.41. The van der Waals surface area contributed by atoms with Crippen molar-refractivity contribution in [1.82, 2.24) is 15.0 Å². The fraction of sp³-hybridized carbons (Fsp3) is 0. The van der Waals surface area contributed by atoms with E-state index in [2.05, 4.69) is 0 Å². The van der Waals surface area contributed by atoms with Crippen LogP contribution in [0.5, 0.6) is 0 Å². The normalized spacial score (nSPS) is 7.64. The molecule has 1 heterocycles. The number of hydrogen-bond donors (Lipinski definition) is 3. The van der Waals surface area contributed by atoms with Crippen molar-refractivity contribution in [3.63, 3.8) is 0 Å². The summed E-state index contributed by atoms with van der Waals surface area (Å²) in [5.74, 6) is 0. The number of nitrogens with one attached hydrogen (secondary N) is 3. The van der Waals surface area contributed by atoms with Crippen LogP contribution in [0.3, 0.4) is 0 Å². The van der Waals surface area contributed by atoms with Crippen LogP contribution in [0, 0.1) is 0 Å². The van der Waals surface area contributed by atoms with Crippen LogP contribution in [0.25, 0.3) is 0 Å². The first-order valence-corrected chi connectivity index (χ1v) is 2.11. The summed E-state index contributed by atoms with van der Waals surface area (Å²) < 4.78 is 0. The van der Waals surface area contributed by atoms with Crippen LogP contribution >= 0.6 is 0 Å². The summed E-state index contributed by atoms with van der Waals surface area (Å²) in [4.78, 5) is 35.9. The van der Waals surface area contributed by atoms with Crippen LogP contribution in [0.1, 0.15) is 0 Å². The number of aromatic amines is 3. The largest absolute Gasteiger partial charge is 0 e. The van der Waals surface area contributed by atoms with Crippen molar-refractivity contribution in [2.75, 3.05) is 0 Å². The maximum atomic E-state index is 10.2. The van der Waals surface area contributed by atoms with E-state index in [0.29, 0.717) is 0 Å². The number of aromatic nitrogens is 3. The van der Waals surface area contributed by atoms with E-state index in [4.69, 9.17) is 0 Å². The van der Waals surface area contributed by atoms with Crippen molar-refractivity contribution in [2.24, 2.45) is 0 Å². The minimum absolute atomic E-state index is 0. The summed E-state index contributed by atoms with van der Waals surface area (Å²) >= 11 is 0. The Labute approximate surface area is 103 Å². The fourth-order valence-electron chi connectivity index (χ4n) is 0.403. The van der Waals surface area contributed by atoms with Crippen LogP contribution in [0.4, 0.5) is 0 Å². The Morgan fingerprint density at radius 2 is 0.909 bits per heavy atom. The van der Waals surface area contributed by atoms with E-state index in [-0.39, 0.29) is 57.2 Å². The molecule has 0 spiro atoms. The van der Waals surface area contributed by atoms with Gasteiger partial charge in [-0.2, -0.15) is 0 Å². The Kier molecular flexibility index (Phi) is 7.41. The second kappa shape index (κ2) is 5.88. The molecule has 0 aliphatic heterocycles. The number of rotatable bonds is 0. The van der Waals surface area contributed by atoms with E-state index in [0.717, 1.165) is 0 Å². The van der Waals surface area contributed by atoms with Crippen molar-refractivity contribution < 1.29 is 19.5 Å². The van der Waals surface area contributed by atoms with Crippen LogP contribution in [-0.2, 0) is 19.5 Å². The van der Waals surface area contributed by atoms with Crippen molar-refractivity contribution in [1.29, 1.82) is 0 Å². The van der Waals surface area contributed by atoms with Gasteiger partial charge in [0, 0.05) is 19.5 Å². The molecule has 0 aliphatic rings. The zero-order chi connectivity index (χ0) is 6.85. The predicted octanol–water partition coefficient (Wildman–Crippen LogP) is -3.17. The second-order valence-corrected chi connectivity index (χ2v) is 1.36. The quantitative estimate of drug-likeness (QED) is 0.415. The first kappa shape index (κ1) is 13.9. The molecule has 0 atom stereocenters. The van der Waals surface area contributed by atoms with Crippen molar-refractivity contribution in [3.05, 3.63) is 31.5 Å². The van der Waals surface area contributed by atoms with Gasteiger partial charge in [0.25, 0.3) is 0 Å². The molecule has 1 rings (SSSR count).